The highest BCUT2D eigenvalue weighted by atomic mass is 16.5. The molecule has 0 aliphatic rings. The Kier molecular flexibility index (Phi) is 5.03. The third-order valence-electron chi connectivity index (χ3n) is 3.54. The number of primary amides is 1. The molecule has 0 spiro atoms. The minimum atomic E-state index is -0.771. The van der Waals surface area contributed by atoms with Crippen LogP contribution in [0.2, 0.25) is 0 Å². The zero-order valence-corrected chi connectivity index (χ0v) is 14.0. The van der Waals surface area contributed by atoms with E-state index in [0.29, 0.717) is 28.3 Å². The minimum Gasteiger partial charge on any atom is -0.493 e. The van der Waals surface area contributed by atoms with Gasteiger partial charge in [-0.3, -0.25) is 9.59 Å². The summed E-state index contributed by atoms with van der Waals surface area (Å²) in [5.41, 5.74) is 6.50. The van der Waals surface area contributed by atoms with E-state index in [2.05, 4.69) is 5.10 Å². The van der Waals surface area contributed by atoms with Crippen LogP contribution in [0.1, 0.15) is 27.2 Å². The van der Waals surface area contributed by atoms with Crippen LogP contribution in [0.4, 0.5) is 0 Å². The van der Waals surface area contributed by atoms with Crippen LogP contribution < -0.4 is 20.8 Å². The smallest absolute Gasteiger partial charge is 0.284 e. The Morgan fingerprint density at radius 2 is 1.83 bits per heavy atom. The van der Waals surface area contributed by atoms with Crippen LogP contribution in [-0.4, -0.2) is 31.0 Å². The number of hydrogen-bond acceptors (Lipinski definition) is 5. The number of ether oxygens (including phenoxy) is 2. The number of carbonyl (C=O) groups excluding carboxylic acids is 1. The molecule has 1 heterocycles. The van der Waals surface area contributed by atoms with Crippen molar-refractivity contribution >= 4 is 12.1 Å². The maximum Gasteiger partial charge on any atom is 0.284 e. The summed E-state index contributed by atoms with van der Waals surface area (Å²) in [6.45, 7) is 3.39. The first-order valence-corrected chi connectivity index (χ1v) is 7.18. The van der Waals surface area contributed by atoms with Crippen molar-refractivity contribution in [2.24, 2.45) is 10.8 Å². The molecule has 0 saturated carbocycles. The van der Waals surface area contributed by atoms with Crippen molar-refractivity contribution in [3.8, 4) is 11.5 Å². The molecule has 1 aromatic carbocycles. The molecule has 126 valence electrons. The van der Waals surface area contributed by atoms with E-state index in [9.17, 15) is 9.59 Å². The summed E-state index contributed by atoms with van der Waals surface area (Å²) in [4.78, 5) is 23.9. The number of nitrogens with zero attached hydrogens (tertiary/aromatic N) is 2. The molecule has 7 heteroatoms. The van der Waals surface area contributed by atoms with Crippen LogP contribution in [0.15, 0.2) is 34.2 Å². The van der Waals surface area contributed by atoms with Crippen molar-refractivity contribution in [3.63, 3.8) is 0 Å². The first kappa shape index (κ1) is 17.3. The number of nitrogens with two attached hydrogens (primary N) is 1. The van der Waals surface area contributed by atoms with Crippen molar-refractivity contribution in [3.05, 3.63) is 57.0 Å². The molecule has 2 N–H and O–H groups in total. The first-order chi connectivity index (χ1) is 11.4. The number of hydrogen-bond donors (Lipinski definition) is 1. The maximum atomic E-state index is 12.4. The molecule has 2 rings (SSSR count). The number of pyridine rings is 1. The van der Waals surface area contributed by atoms with Gasteiger partial charge in [0, 0.05) is 5.69 Å². The van der Waals surface area contributed by atoms with Gasteiger partial charge in [0.05, 0.1) is 20.4 Å². The van der Waals surface area contributed by atoms with Crippen molar-refractivity contribution in [1.82, 2.24) is 4.68 Å². The molecule has 0 bridgehead atoms. The summed E-state index contributed by atoms with van der Waals surface area (Å²) in [7, 11) is 3.08. The van der Waals surface area contributed by atoms with Crippen LogP contribution in [0.3, 0.4) is 0 Å². The topological polar surface area (TPSA) is 95.9 Å². The van der Waals surface area contributed by atoms with Gasteiger partial charge in [-0.05, 0) is 49.2 Å². The number of methoxy groups -OCH3 is 2. The van der Waals surface area contributed by atoms with E-state index in [1.165, 1.54) is 13.3 Å². The molecular formula is C17H19N3O4. The van der Waals surface area contributed by atoms with Gasteiger partial charge in [0.1, 0.15) is 5.56 Å². The van der Waals surface area contributed by atoms with Gasteiger partial charge >= 0.3 is 0 Å². The highest BCUT2D eigenvalue weighted by Crippen LogP contribution is 2.26. The van der Waals surface area contributed by atoms with E-state index in [1.807, 2.05) is 0 Å². The summed E-state index contributed by atoms with van der Waals surface area (Å²) >= 11 is 0. The van der Waals surface area contributed by atoms with E-state index >= 15 is 0 Å². The van der Waals surface area contributed by atoms with E-state index in [0.717, 1.165) is 4.68 Å². The number of rotatable bonds is 5. The molecule has 0 fully saturated rings. The number of benzene rings is 1. The zero-order chi connectivity index (χ0) is 17.9. The van der Waals surface area contributed by atoms with Crippen molar-refractivity contribution in [2.75, 3.05) is 14.2 Å². The van der Waals surface area contributed by atoms with Gasteiger partial charge in [0.2, 0.25) is 0 Å². The third-order valence-corrected chi connectivity index (χ3v) is 3.54. The second-order valence-electron chi connectivity index (χ2n) is 5.18. The minimum absolute atomic E-state index is 0.0648. The molecule has 0 aliphatic carbocycles. The van der Waals surface area contributed by atoms with Crippen LogP contribution in [0.25, 0.3) is 0 Å². The Morgan fingerprint density at radius 1 is 1.17 bits per heavy atom. The lowest BCUT2D eigenvalue weighted by Crippen LogP contribution is -2.30. The second kappa shape index (κ2) is 6.99. The predicted octanol–water partition coefficient (Wildman–Crippen LogP) is 1.46. The fourth-order valence-corrected chi connectivity index (χ4v) is 2.38. The second-order valence-corrected chi connectivity index (χ2v) is 5.18. The first-order valence-electron chi connectivity index (χ1n) is 7.18. The van der Waals surface area contributed by atoms with Crippen LogP contribution in [0, 0.1) is 13.8 Å². The molecule has 7 nitrogen and oxygen atoms in total. The van der Waals surface area contributed by atoms with Gasteiger partial charge in [-0.25, -0.2) is 4.68 Å². The van der Waals surface area contributed by atoms with Gasteiger partial charge in [0.25, 0.3) is 11.5 Å². The van der Waals surface area contributed by atoms with Gasteiger partial charge in [-0.1, -0.05) is 0 Å². The molecular weight excluding hydrogens is 310 g/mol. The largest absolute Gasteiger partial charge is 0.493 e. The molecule has 1 amide bonds. The number of carbonyl (C=O) groups is 1. The van der Waals surface area contributed by atoms with Crippen molar-refractivity contribution in [2.45, 2.75) is 13.8 Å². The number of amides is 1. The average molecular weight is 329 g/mol. The van der Waals surface area contributed by atoms with Crippen molar-refractivity contribution in [1.29, 1.82) is 0 Å². The highest BCUT2D eigenvalue weighted by Gasteiger charge is 2.14. The van der Waals surface area contributed by atoms with E-state index < -0.39 is 11.5 Å². The predicted molar refractivity (Wildman–Crippen MR) is 91.2 cm³/mol. The van der Waals surface area contributed by atoms with E-state index in [-0.39, 0.29) is 5.56 Å². The normalized spacial score (nSPS) is 10.8. The SMILES string of the molecule is COc1ccc(/C=N/n2c(C)cc(C)c(C(N)=O)c2=O)cc1OC. The maximum absolute atomic E-state index is 12.4. The third kappa shape index (κ3) is 3.29. The molecule has 1 aromatic heterocycles. The Bertz CT molecular complexity index is 869. The Hall–Kier alpha value is -3.09. The zero-order valence-electron chi connectivity index (χ0n) is 14.0. The van der Waals surface area contributed by atoms with E-state index in [1.54, 1.807) is 45.2 Å². The number of aromatic nitrogens is 1. The molecule has 2 aromatic rings. The van der Waals surface area contributed by atoms with Gasteiger partial charge in [-0.2, -0.15) is 5.10 Å². The Morgan fingerprint density at radius 3 is 2.42 bits per heavy atom. The lowest BCUT2D eigenvalue weighted by Gasteiger charge is -2.09. The molecule has 24 heavy (non-hydrogen) atoms. The summed E-state index contributed by atoms with van der Waals surface area (Å²) in [5, 5.41) is 4.17. The Labute approximate surface area is 139 Å². The summed E-state index contributed by atoms with van der Waals surface area (Å²) in [6.07, 6.45) is 1.50. The lowest BCUT2D eigenvalue weighted by molar-refractivity contribution is 0.0997. The highest BCUT2D eigenvalue weighted by molar-refractivity contribution is 5.94. The van der Waals surface area contributed by atoms with Crippen LogP contribution in [-0.2, 0) is 0 Å². The van der Waals surface area contributed by atoms with Crippen LogP contribution in [0.5, 0.6) is 11.5 Å². The summed E-state index contributed by atoms with van der Waals surface area (Å²) in [5.74, 6) is 0.370. The standard InChI is InChI=1S/C17H19N3O4/c1-10-7-11(2)20(17(22)15(10)16(18)21)19-9-12-5-6-13(23-3)14(8-12)24-4/h5-9H,1-4H3,(H2,18,21)/b19-9+. The van der Waals surface area contributed by atoms with Gasteiger partial charge in [-0.15, -0.1) is 0 Å². The number of aryl methyl sites for hydroxylation is 2. The van der Waals surface area contributed by atoms with Crippen molar-refractivity contribution < 1.29 is 14.3 Å². The fourth-order valence-electron chi connectivity index (χ4n) is 2.38. The molecule has 0 radical (unpaired) electrons. The molecule has 0 unspecified atom stereocenters. The molecule has 0 saturated heterocycles. The van der Waals surface area contributed by atoms with Gasteiger partial charge < -0.3 is 15.2 Å². The lowest BCUT2D eigenvalue weighted by atomic mass is 10.1. The Balaban J connectivity index is 2.48. The quantitative estimate of drug-likeness (QED) is 0.840. The summed E-state index contributed by atoms with van der Waals surface area (Å²) in [6, 6.07) is 6.92. The monoisotopic (exact) mass is 329 g/mol. The fraction of sp³-hybridized carbons (Fsp3) is 0.235. The molecule has 0 atom stereocenters. The summed E-state index contributed by atoms with van der Waals surface area (Å²) < 4.78 is 11.5. The van der Waals surface area contributed by atoms with E-state index in [4.69, 9.17) is 15.2 Å². The molecule has 0 aliphatic heterocycles. The average Bonchev–Trinajstić information content (AvgIpc) is 2.53. The van der Waals surface area contributed by atoms with Gasteiger partial charge in [0.15, 0.2) is 11.5 Å². The van der Waals surface area contributed by atoms with Crippen LogP contribution >= 0.6 is 0 Å².